The second kappa shape index (κ2) is 4.99. The summed E-state index contributed by atoms with van der Waals surface area (Å²) in [6.07, 6.45) is 0.881. The van der Waals surface area contributed by atoms with E-state index in [1.165, 1.54) is 11.3 Å². The highest BCUT2D eigenvalue weighted by Crippen LogP contribution is 2.12. The van der Waals surface area contributed by atoms with E-state index in [4.69, 9.17) is 0 Å². The predicted octanol–water partition coefficient (Wildman–Crippen LogP) is 2.09. The summed E-state index contributed by atoms with van der Waals surface area (Å²) in [7, 11) is 2.00. The molecule has 0 spiro atoms. The van der Waals surface area contributed by atoms with E-state index in [1.54, 1.807) is 0 Å². The molecule has 0 saturated heterocycles. The van der Waals surface area contributed by atoms with Gasteiger partial charge in [0.15, 0.2) is 0 Å². The minimum absolute atomic E-state index is 0.872. The molecule has 4 heteroatoms. The third-order valence-corrected chi connectivity index (χ3v) is 2.99. The van der Waals surface area contributed by atoms with Crippen molar-refractivity contribution in [3.63, 3.8) is 0 Å². The van der Waals surface area contributed by atoms with E-state index in [2.05, 4.69) is 34.6 Å². The zero-order valence-corrected chi connectivity index (χ0v) is 10.6. The number of nitrogens with zero attached hydrogens (tertiary/aromatic N) is 3. The van der Waals surface area contributed by atoms with Crippen LogP contribution in [0.5, 0.6) is 0 Å². The Morgan fingerprint density at radius 1 is 1.18 bits per heavy atom. The van der Waals surface area contributed by atoms with Crippen LogP contribution in [0.25, 0.3) is 0 Å². The largest absolute Gasteiger partial charge is 0.384 e. The Kier molecular flexibility index (Phi) is 3.42. The lowest BCUT2D eigenvalue weighted by Gasteiger charge is -2.08. The van der Waals surface area contributed by atoms with Crippen molar-refractivity contribution >= 4 is 5.69 Å². The van der Waals surface area contributed by atoms with E-state index in [-0.39, 0.29) is 0 Å². The first-order valence-corrected chi connectivity index (χ1v) is 5.83. The van der Waals surface area contributed by atoms with Gasteiger partial charge < -0.3 is 9.88 Å². The van der Waals surface area contributed by atoms with E-state index >= 15 is 0 Å². The van der Waals surface area contributed by atoms with Crippen molar-refractivity contribution in [2.45, 2.75) is 20.3 Å². The van der Waals surface area contributed by atoms with E-state index in [0.717, 1.165) is 24.6 Å². The van der Waals surface area contributed by atoms with Gasteiger partial charge in [0, 0.05) is 25.7 Å². The maximum atomic E-state index is 4.14. The molecule has 0 amide bonds. The van der Waals surface area contributed by atoms with Gasteiger partial charge >= 0.3 is 0 Å². The van der Waals surface area contributed by atoms with Crippen LogP contribution in [0, 0.1) is 13.8 Å². The lowest BCUT2D eigenvalue weighted by Crippen LogP contribution is -2.09. The average molecular weight is 230 g/mol. The molecule has 0 unspecified atom stereocenters. The zero-order valence-electron chi connectivity index (χ0n) is 10.6. The third-order valence-electron chi connectivity index (χ3n) is 2.99. The molecule has 1 aromatic carbocycles. The number of para-hydroxylation sites is 1. The van der Waals surface area contributed by atoms with E-state index in [9.17, 15) is 0 Å². The smallest absolute Gasteiger partial charge is 0.134 e. The lowest BCUT2D eigenvalue weighted by molar-refractivity contribution is 0.770. The maximum Gasteiger partial charge on any atom is 0.134 e. The zero-order chi connectivity index (χ0) is 12.3. The summed E-state index contributed by atoms with van der Waals surface area (Å²) in [5.74, 6) is 1.97. The van der Waals surface area contributed by atoms with Crippen LogP contribution in [0.3, 0.4) is 0 Å². The van der Waals surface area contributed by atoms with Crippen LogP contribution in [0.4, 0.5) is 5.69 Å². The highest BCUT2D eigenvalue weighted by Gasteiger charge is 2.04. The summed E-state index contributed by atoms with van der Waals surface area (Å²) in [6.45, 7) is 4.94. The van der Waals surface area contributed by atoms with Gasteiger partial charge in [0.05, 0.1) is 0 Å². The Morgan fingerprint density at radius 3 is 2.59 bits per heavy atom. The first kappa shape index (κ1) is 11.6. The van der Waals surface area contributed by atoms with Gasteiger partial charge in [-0.15, -0.1) is 10.2 Å². The van der Waals surface area contributed by atoms with Gasteiger partial charge in [-0.2, -0.15) is 0 Å². The van der Waals surface area contributed by atoms with Gasteiger partial charge in [-0.1, -0.05) is 18.2 Å². The fraction of sp³-hybridized carbons (Fsp3) is 0.385. The van der Waals surface area contributed by atoms with Crippen molar-refractivity contribution < 1.29 is 0 Å². The van der Waals surface area contributed by atoms with Gasteiger partial charge in [0.25, 0.3) is 0 Å². The molecule has 0 saturated carbocycles. The molecular weight excluding hydrogens is 212 g/mol. The van der Waals surface area contributed by atoms with Crippen molar-refractivity contribution in [3.05, 3.63) is 41.5 Å². The third kappa shape index (κ3) is 2.64. The Labute approximate surface area is 102 Å². The summed E-state index contributed by atoms with van der Waals surface area (Å²) in [5, 5.41) is 11.6. The summed E-state index contributed by atoms with van der Waals surface area (Å²) in [4.78, 5) is 0. The normalized spacial score (nSPS) is 10.5. The number of hydrogen-bond acceptors (Lipinski definition) is 3. The topological polar surface area (TPSA) is 42.7 Å². The van der Waals surface area contributed by atoms with E-state index in [0.29, 0.717) is 0 Å². The summed E-state index contributed by atoms with van der Waals surface area (Å²) in [6, 6.07) is 8.29. The monoisotopic (exact) mass is 230 g/mol. The molecule has 0 radical (unpaired) electrons. The van der Waals surface area contributed by atoms with Crippen molar-refractivity contribution in [2.24, 2.45) is 7.05 Å². The number of aromatic nitrogens is 3. The first-order valence-electron chi connectivity index (χ1n) is 5.83. The number of aryl methyl sites for hydroxylation is 2. The van der Waals surface area contributed by atoms with Crippen LogP contribution < -0.4 is 5.32 Å². The van der Waals surface area contributed by atoms with Crippen molar-refractivity contribution in [1.82, 2.24) is 14.8 Å². The molecule has 0 bridgehead atoms. The Morgan fingerprint density at radius 2 is 1.94 bits per heavy atom. The van der Waals surface area contributed by atoms with Gasteiger partial charge in [-0.25, -0.2) is 0 Å². The van der Waals surface area contributed by atoms with Gasteiger partial charge in [0.2, 0.25) is 0 Å². The standard InChI is InChI=1S/C13H18N4/c1-10-6-4-5-7-12(10)14-9-8-13-16-15-11(2)17(13)3/h4-7,14H,8-9H2,1-3H3. The van der Waals surface area contributed by atoms with Crippen LogP contribution in [0.1, 0.15) is 17.2 Å². The molecule has 1 N–H and O–H groups in total. The van der Waals surface area contributed by atoms with E-state index in [1.807, 2.05) is 30.7 Å². The second-order valence-corrected chi connectivity index (χ2v) is 4.21. The number of rotatable bonds is 4. The van der Waals surface area contributed by atoms with Crippen LogP contribution in [0.15, 0.2) is 24.3 Å². The van der Waals surface area contributed by atoms with Crippen molar-refractivity contribution in [1.29, 1.82) is 0 Å². The summed E-state index contributed by atoms with van der Waals surface area (Å²) < 4.78 is 2.03. The van der Waals surface area contributed by atoms with Crippen molar-refractivity contribution in [3.8, 4) is 0 Å². The molecule has 1 heterocycles. The van der Waals surface area contributed by atoms with Gasteiger partial charge in [-0.3, -0.25) is 0 Å². The summed E-state index contributed by atoms with van der Waals surface area (Å²) >= 11 is 0. The Hall–Kier alpha value is -1.84. The number of nitrogens with one attached hydrogen (secondary N) is 1. The molecule has 1 aromatic heterocycles. The lowest BCUT2D eigenvalue weighted by atomic mass is 10.2. The molecule has 0 aliphatic rings. The molecule has 4 nitrogen and oxygen atoms in total. The molecule has 0 aliphatic heterocycles. The molecule has 0 aliphatic carbocycles. The number of anilines is 1. The van der Waals surface area contributed by atoms with Gasteiger partial charge in [-0.05, 0) is 25.5 Å². The molecular formula is C13H18N4. The van der Waals surface area contributed by atoms with Crippen LogP contribution in [0.2, 0.25) is 0 Å². The molecule has 17 heavy (non-hydrogen) atoms. The predicted molar refractivity (Wildman–Crippen MR) is 69.1 cm³/mol. The molecule has 0 fully saturated rings. The van der Waals surface area contributed by atoms with E-state index < -0.39 is 0 Å². The fourth-order valence-electron chi connectivity index (χ4n) is 1.75. The average Bonchev–Trinajstić information content (AvgIpc) is 2.63. The van der Waals surface area contributed by atoms with Crippen LogP contribution in [-0.4, -0.2) is 21.3 Å². The fourth-order valence-corrected chi connectivity index (χ4v) is 1.75. The summed E-state index contributed by atoms with van der Waals surface area (Å²) in [5.41, 5.74) is 2.45. The van der Waals surface area contributed by atoms with Crippen LogP contribution in [-0.2, 0) is 13.5 Å². The minimum atomic E-state index is 0.872. The molecule has 2 rings (SSSR count). The highest BCUT2D eigenvalue weighted by molar-refractivity contribution is 5.50. The second-order valence-electron chi connectivity index (χ2n) is 4.21. The molecule has 90 valence electrons. The Balaban J connectivity index is 1.92. The minimum Gasteiger partial charge on any atom is -0.384 e. The molecule has 2 aromatic rings. The first-order chi connectivity index (χ1) is 8.18. The van der Waals surface area contributed by atoms with Crippen molar-refractivity contribution in [2.75, 3.05) is 11.9 Å². The highest BCUT2D eigenvalue weighted by atomic mass is 15.3. The SMILES string of the molecule is Cc1ccccc1NCCc1nnc(C)n1C. The molecule has 0 atom stereocenters. The van der Waals surface area contributed by atoms with Crippen LogP contribution >= 0.6 is 0 Å². The maximum absolute atomic E-state index is 4.14. The Bertz CT molecular complexity index is 502. The quantitative estimate of drug-likeness (QED) is 0.874. The van der Waals surface area contributed by atoms with Gasteiger partial charge in [0.1, 0.15) is 11.6 Å². The number of hydrogen-bond donors (Lipinski definition) is 1. The number of benzene rings is 1.